The highest BCUT2D eigenvalue weighted by atomic mass is 19.1. The Balaban J connectivity index is 1.31. The van der Waals surface area contributed by atoms with E-state index in [-0.39, 0.29) is 41.7 Å². The SMILES string of the molecule is CCc1cccc2cc(OCOC)cc(-c3nc(C=O)c4c(N5CC6CCC(C6)C5)nc(OC[C@@]56CCCN5C[C@H](F)C6)nc4c3F)c12. The van der Waals surface area contributed by atoms with Crippen molar-refractivity contribution >= 4 is 33.8 Å². The van der Waals surface area contributed by atoms with E-state index in [1.165, 1.54) is 7.11 Å². The monoisotopic (exact) mass is 657 g/mol. The Labute approximate surface area is 278 Å². The van der Waals surface area contributed by atoms with E-state index < -0.39 is 17.5 Å². The van der Waals surface area contributed by atoms with Crippen molar-refractivity contribution in [2.75, 3.05) is 51.6 Å². The minimum Gasteiger partial charge on any atom is -0.468 e. The van der Waals surface area contributed by atoms with Gasteiger partial charge in [-0.2, -0.15) is 9.97 Å². The van der Waals surface area contributed by atoms with Crippen molar-refractivity contribution in [3.05, 3.63) is 47.4 Å². The van der Waals surface area contributed by atoms with E-state index in [0.29, 0.717) is 54.6 Å². The van der Waals surface area contributed by atoms with Gasteiger partial charge in [-0.15, -0.1) is 0 Å². The average molecular weight is 658 g/mol. The Morgan fingerprint density at radius 1 is 1.06 bits per heavy atom. The second-order valence-corrected chi connectivity index (χ2v) is 14.0. The van der Waals surface area contributed by atoms with Crippen LogP contribution in [-0.4, -0.2) is 84.5 Å². The summed E-state index contributed by atoms with van der Waals surface area (Å²) in [6.07, 6.45) is 6.12. The number of methoxy groups -OCH3 is 1. The third-order valence-corrected chi connectivity index (χ3v) is 11.0. The van der Waals surface area contributed by atoms with Gasteiger partial charge in [0.15, 0.2) is 18.9 Å². The molecule has 3 saturated heterocycles. The summed E-state index contributed by atoms with van der Waals surface area (Å²) < 4.78 is 49.1. The number of carbonyl (C=O) groups excluding carboxylic acids is 1. The summed E-state index contributed by atoms with van der Waals surface area (Å²) in [6.45, 7) is 5.02. The Morgan fingerprint density at radius 3 is 2.67 bits per heavy atom. The lowest BCUT2D eigenvalue weighted by Crippen LogP contribution is -2.43. The van der Waals surface area contributed by atoms with Gasteiger partial charge in [0.1, 0.15) is 41.3 Å². The quantitative estimate of drug-likeness (QED) is 0.139. The van der Waals surface area contributed by atoms with Gasteiger partial charge in [0.05, 0.1) is 10.9 Å². The van der Waals surface area contributed by atoms with E-state index >= 15 is 4.39 Å². The van der Waals surface area contributed by atoms with Crippen molar-refractivity contribution in [2.24, 2.45) is 11.8 Å². The van der Waals surface area contributed by atoms with E-state index in [1.807, 2.05) is 31.2 Å². The highest BCUT2D eigenvalue weighted by Crippen LogP contribution is 2.44. The second kappa shape index (κ2) is 12.5. The Bertz CT molecular complexity index is 1880. The van der Waals surface area contributed by atoms with Gasteiger partial charge in [-0.05, 0) is 85.4 Å². The molecule has 2 bridgehead atoms. The number of rotatable bonds is 10. The normalized spacial score (nSPS) is 25.2. The zero-order valence-electron chi connectivity index (χ0n) is 27.5. The molecule has 4 fully saturated rings. The Kier molecular flexibility index (Phi) is 8.15. The van der Waals surface area contributed by atoms with Crippen LogP contribution < -0.4 is 14.4 Å². The minimum absolute atomic E-state index is 0.00399. The number of aryl methyl sites for hydroxylation is 1. The van der Waals surface area contributed by atoms with Gasteiger partial charge in [0.25, 0.3) is 0 Å². The van der Waals surface area contributed by atoms with Crippen molar-refractivity contribution in [2.45, 2.75) is 63.6 Å². The fraction of sp³-hybridized carbons (Fsp3) is 0.514. The Morgan fingerprint density at radius 2 is 1.90 bits per heavy atom. The number of anilines is 1. The number of fused-ring (bicyclic) bond motifs is 5. The first kappa shape index (κ1) is 31.3. The number of alkyl halides is 1. The van der Waals surface area contributed by atoms with E-state index in [2.05, 4.69) is 14.8 Å². The van der Waals surface area contributed by atoms with Crippen LogP contribution in [0.3, 0.4) is 0 Å². The van der Waals surface area contributed by atoms with Crippen LogP contribution in [0.25, 0.3) is 32.9 Å². The summed E-state index contributed by atoms with van der Waals surface area (Å²) in [5, 5.41) is 1.97. The van der Waals surface area contributed by atoms with Crippen LogP contribution in [0, 0.1) is 17.7 Å². The summed E-state index contributed by atoms with van der Waals surface area (Å²) in [5.74, 6) is 1.31. The number of ether oxygens (including phenoxy) is 3. The van der Waals surface area contributed by atoms with Gasteiger partial charge in [-0.25, -0.2) is 13.8 Å². The topological polar surface area (TPSA) is 89.9 Å². The first-order valence-electron chi connectivity index (χ1n) is 17.2. The summed E-state index contributed by atoms with van der Waals surface area (Å²) in [6, 6.07) is 9.59. The first-order chi connectivity index (χ1) is 23.4. The molecule has 2 aromatic carbocycles. The number of carbonyl (C=O) groups is 1. The minimum atomic E-state index is -0.904. The smallest absolute Gasteiger partial charge is 0.319 e. The van der Waals surface area contributed by atoms with Crippen molar-refractivity contribution in [3.63, 3.8) is 0 Å². The maximum absolute atomic E-state index is 17.3. The molecule has 2 unspecified atom stereocenters. The summed E-state index contributed by atoms with van der Waals surface area (Å²) in [7, 11) is 1.54. The highest BCUT2D eigenvalue weighted by Gasteiger charge is 2.49. The summed E-state index contributed by atoms with van der Waals surface area (Å²) in [5.41, 5.74) is 1.15. The van der Waals surface area contributed by atoms with Crippen LogP contribution in [0.2, 0.25) is 0 Å². The molecule has 5 heterocycles. The van der Waals surface area contributed by atoms with Gasteiger partial charge in [-0.3, -0.25) is 9.69 Å². The zero-order valence-corrected chi connectivity index (χ0v) is 27.5. The number of piperidine rings is 1. The number of nitrogens with zero attached hydrogens (tertiary/aromatic N) is 5. The van der Waals surface area contributed by atoms with Crippen LogP contribution in [0.4, 0.5) is 14.6 Å². The maximum atomic E-state index is 17.3. The molecule has 1 saturated carbocycles. The molecular weight excluding hydrogens is 616 g/mol. The molecule has 252 valence electrons. The van der Waals surface area contributed by atoms with Crippen LogP contribution in [0.1, 0.15) is 61.5 Å². The van der Waals surface area contributed by atoms with Crippen molar-refractivity contribution in [1.29, 1.82) is 0 Å². The summed E-state index contributed by atoms with van der Waals surface area (Å²) >= 11 is 0. The number of pyridine rings is 1. The molecule has 4 atom stereocenters. The number of hydrogen-bond donors (Lipinski definition) is 0. The molecular formula is C37H41F2N5O4. The lowest BCUT2D eigenvalue weighted by molar-refractivity contribution is 0.0512. The van der Waals surface area contributed by atoms with Crippen molar-refractivity contribution in [1.82, 2.24) is 19.9 Å². The molecule has 4 aromatic rings. The molecule has 8 rings (SSSR count). The fourth-order valence-corrected chi connectivity index (χ4v) is 8.92. The van der Waals surface area contributed by atoms with Gasteiger partial charge < -0.3 is 19.1 Å². The number of hydrogen-bond acceptors (Lipinski definition) is 9. The van der Waals surface area contributed by atoms with Gasteiger partial charge in [0.2, 0.25) is 0 Å². The lowest BCUT2D eigenvalue weighted by atomic mass is 9.94. The van der Waals surface area contributed by atoms with Gasteiger partial charge >= 0.3 is 6.01 Å². The molecule has 2 aromatic heterocycles. The van der Waals surface area contributed by atoms with E-state index in [1.54, 1.807) is 6.07 Å². The van der Waals surface area contributed by atoms with Gasteiger partial charge in [-0.1, -0.05) is 25.1 Å². The number of aldehydes is 1. The number of aromatic nitrogens is 3. The predicted molar refractivity (Wildman–Crippen MR) is 179 cm³/mol. The standard InChI is InChI=1S/C37H41F2N5O4/c1-3-24-6-4-7-25-13-27(48-21-46-2)14-28(30(24)25)33-32(39)34-31(29(19-45)40-33)35(43-16-22-8-9-23(12-22)17-43)42-36(41-34)47-20-37-10-5-11-44(37)18-26(38)15-37/h4,6-7,13-14,19,22-23,26H,3,5,8-12,15-18,20-21H2,1-2H3/t22?,23?,26-,37+/m1/s1. The zero-order chi connectivity index (χ0) is 33.0. The molecule has 1 aliphatic carbocycles. The maximum Gasteiger partial charge on any atom is 0.319 e. The third kappa shape index (κ3) is 5.35. The van der Waals surface area contributed by atoms with Crippen LogP contribution >= 0.6 is 0 Å². The predicted octanol–water partition coefficient (Wildman–Crippen LogP) is 6.53. The molecule has 0 amide bonds. The molecule has 3 aliphatic heterocycles. The van der Waals surface area contributed by atoms with Gasteiger partial charge in [0, 0.05) is 38.7 Å². The largest absolute Gasteiger partial charge is 0.468 e. The molecule has 0 radical (unpaired) electrons. The molecule has 9 nitrogen and oxygen atoms in total. The van der Waals surface area contributed by atoms with E-state index in [0.717, 1.165) is 68.1 Å². The number of halogens is 2. The number of benzene rings is 2. The van der Waals surface area contributed by atoms with Crippen LogP contribution in [0.5, 0.6) is 11.8 Å². The third-order valence-electron chi connectivity index (χ3n) is 11.0. The Hall–Kier alpha value is -3.96. The van der Waals surface area contributed by atoms with Crippen molar-refractivity contribution < 1.29 is 27.8 Å². The van der Waals surface area contributed by atoms with Crippen LogP contribution in [-0.2, 0) is 11.2 Å². The highest BCUT2D eigenvalue weighted by molar-refractivity contribution is 6.06. The molecule has 0 spiro atoms. The second-order valence-electron chi connectivity index (χ2n) is 14.0. The summed E-state index contributed by atoms with van der Waals surface area (Å²) in [4.78, 5) is 31.4. The average Bonchev–Trinajstić information content (AvgIpc) is 3.75. The first-order valence-corrected chi connectivity index (χ1v) is 17.2. The van der Waals surface area contributed by atoms with Crippen LogP contribution in [0.15, 0.2) is 30.3 Å². The molecule has 4 aliphatic rings. The lowest BCUT2D eigenvalue weighted by Gasteiger charge is -2.34. The molecule has 11 heteroatoms. The van der Waals surface area contributed by atoms with E-state index in [4.69, 9.17) is 24.2 Å². The molecule has 48 heavy (non-hydrogen) atoms. The molecule has 0 N–H and O–H groups in total. The van der Waals surface area contributed by atoms with E-state index in [9.17, 15) is 9.18 Å². The fourth-order valence-electron chi connectivity index (χ4n) is 8.92. The van der Waals surface area contributed by atoms with Crippen molar-refractivity contribution in [3.8, 4) is 23.0 Å².